The Hall–Kier alpha value is -2.76. The fourth-order valence-electron chi connectivity index (χ4n) is 3.08. The van der Waals surface area contributed by atoms with Crippen LogP contribution in [0.1, 0.15) is 25.3 Å². The summed E-state index contributed by atoms with van der Waals surface area (Å²) < 4.78 is 15.3. The molecule has 0 saturated carbocycles. The van der Waals surface area contributed by atoms with Crippen LogP contribution in [0.15, 0.2) is 46.8 Å². The van der Waals surface area contributed by atoms with Gasteiger partial charge < -0.3 is 19.1 Å². The Balaban J connectivity index is 2.76. The molecule has 6 heteroatoms. The minimum Gasteiger partial charge on any atom is -0.497 e. The smallest absolute Gasteiger partial charge is 0.336 e. The van der Waals surface area contributed by atoms with Crippen molar-refractivity contribution >= 4 is 11.9 Å². The molecule has 25 heavy (non-hydrogen) atoms. The van der Waals surface area contributed by atoms with Crippen molar-refractivity contribution < 1.29 is 23.8 Å². The summed E-state index contributed by atoms with van der Waals surface area (Å²) in [6.45, 7) is 3.66. The molecule has 0 amide bonds. The molecule has 0 bridgehead atoms. The van der Waals surface area contributed by atoms with E-state index in [1.54, 1.807) is 25.1 Å². The average molecular weight is 345 g/mol. The third-order valence-corrected chi connectivity index (χ3v) is 4.60. The molecule has 1 aliphatic rings. The van der Waals surface area contributed by atoms with Gasteiger partial charge in [0.1, 0.15) is 5.75 Å². The molecule has 6 nitrogen and oxygen atoms in total. The van der Waals surface area contributed by atoms with E-state index in [0.717, 1.165) is 17.0 Å². The second-order valence-electron chi connectivity index (χ2n) is 5.75. The maximum Gasteiger partial charge on any atom is 0.336 e. The quantitative estimate of drug-likeness (QED) is 0.782. The summed E-state index contributed by atoms with van der Waals surface area (Å²) in [5, 5.41) is 0. The van der Waals surface area contributed by atoms with E-state index >= 15 is 0 Å². The van der Waals surface area contributed by atoms with Crippen molar-refractivity contribution in [1.29, 1.82) is 0 Å². The summed E-state index contributed by atoms with van der Waals surface area (Å²) in [5.41, 5.74) is 3.02. The number of methoxy groups -OCH3 is 3. The first-order valence-electron chi connectivity index (χ1n) is 7.83. The van der Waals surface area contributed by atoms with Crippen LogP contribution in [-0.2, 0) is 19.1 Å². The Labute approximate surface area is 147 Å². The molecule has 0 aliphatic carbocycles. The van der Waals surface area contributed by atoms with Gasteiger partial charge in [-0.05, 0) is 31.5 Å². The zero-order valence-electron chi connectivity index (χ0n) is 15.4. The minimum atomic E-state index is -0.591. The Kier molecular flexibility index (Phi) is 5.51. The number of carbonyl (C=O) groups excluding carboxylic acids is 2. The number of carbonyl (C=O) groups is 2. The van der Waals surface area contributed by atoms with Crippen LogP contribution in [0.25, 0.3) is 0 Å². The topological polar surface area (TPSA) is 65.1 Å². The molecule has 2 rings (SSSR count). The Morgan fingerprint density at radius 3 is 1.92 bits per heavy atom. The molecule has 0 N–H and O–H groups in total. The SMILES string of the molecule is COC(=O)C1=C(C)N(C)C(C)=C(C(=O)OC)C1c1cccc(OC)c1. The van der Waals surface area contributed by atoms with Gasteiger partial charge in [0.05, 0.1) is 38.4 Å². The molecule has 0 atom stereocenters. The van der Waals surface area contributed by atoms with Gasteiger partial charge in [-0.25, -0.2) is 9.59 Å². The van der Waals surface area contributed by atoms with Gasteiger partial charge in [0, 0.05) is 18.4 Å². The Morgan fingerprint density at radius 1 is 0.960 bits per heavy atom. The first kappa shape index (κ1) is 18.6. The van der Waals surface area contributed by atoms with E-state index in [9.17, 15) is 9.59 Å². The number of esters is 2. The number of allylic oxidation sites excluding steroid dienone is 2. The highest BCUT2D eigenvalue weighted by Gasteiger charge is 2.39. The molecule has 0 unspecified atom stereocenters. The lowest BCUT2D eigenvalue weighted by Gasteiger charge is -2.35. The molecule has 0 radical (unpaired) electrons. The van der Waals surface area contributed by atoms with Gasteiger partial charge in [-0.1, -0.05) is 12.1 Å². The zero-order chi connectivity index (χ0) is 18.7. The second kappa shape index (κ2) is 7.42. The van der Waals surface area contributed by atoms with E-state index < -0.39 is 17.9 Å². The molecule has 0 saturated heterocycles. The summed E-state index contributed by atoms with van der Waals surface area (Å²) in [6, 6.07) is 7.29. The van der Waals surface area contributed by atoms with Crippen molar-refractivity contribution in [2.24, 2.45) is 0 Å². The molecule has 1 aromatic rings. The zero-order valence-corrected chi connectivity index (χ0v) is 15.4. The predicted molar refractivity (Wildman–Crippen MR) is 92.9 cm³/mol. The lowest BCUT2D eigenvalue weighted by molar-refractivity contribution is -0.137. The number of ether oxygens (including phenoxy) is 3. The van der Waals surface area contributed by atoms with Crippen LogP contribution in [0.2, 0.25) is 0 Å². The number of hydrogen-bond acceptors (Lipinski definition) is 6. The summed E-state index contributed by atoms with van der Waals surface area (Å²) in [7, 11) is 6.03. The van der Waals surface area contributed by atoms with Gasteiger partial charge >= 0.3 is 11.9 Å². The van der Waals surface area contributed by atoms with Crippen molar-refractivity contribution in [3.05, 3.63) is 52.4 Å². The molecule has 0 spiro atoms. The first-order chi connectivity index (χ1) is 11.9. The highest BCUT2D eigenvalue weighted by atomic mass is 16.5. The van der Waals surface area contributed by atoms with Crippen LogP contribution < -0.4 is 4.74 Å². The van der Waals surface area contributed by atoms with Crippen molar-refractivity contribution in [2.45, 2.75) is 19.8 Å². The number of benzene rings is 1. The van der Waals surface area contributed by atoms with Crippen molar-refractivity contribution in [2.75, 3.05) is 28.4 Å². The summed E-state index contributed by atoms with van der Waals surface area (Å²) in [5.74, 6) is -0.913. The summed E-state index contributed by atoms with van der Waals surface area (Å²) in [4.78, 5) is 26.8. The van der Waals surface area contributed by atoms with E-state index in [-0.39, 0.29) is 0 Å². The van der Waals surface area contributed by atoms with Crippen LogP contribution in [0.5, 0.6) is 5.75 Å². The van der Waals surface area contributed by atoms with Gasteiger partial charge in [-0.2, -0.15) is 0 Å². The molecule has 134 valence electrons. The first-order valence-corrected chi connectivity index (χ1v) is 7.83. The fraction of sp³-hybridized carbons (Fsp3) is 0.368. The van der Waals surface area contributed by atoms with E-state index in [1.807, 2.05) is 32.0 Å². The van der Waals surface area contributed by atoms with E-state index in [0.29, 0.717) is 16.9 Å². The standard InChI is InChI=1S/C19H23NO5/c1-11-15(18(21)24-5)17(13-8-7-9-14(10-13)23-4)16(19(22)25-6)12(2)20(11)3/h7-10,17H,1-6H3. The van der Waals surface area contributed by atoms with E-state index in [4.69, 9.17) is 14.2 Å². The highest BCUT2D eigenvalue weighted by molar-refractivity contribution is 5.99. The lowest BCUT2D eigenvalue weighted by Crippen LogP contribution is -2.33. The van der Waals surface area contributed by atoms with Crippen molar-refractivity contribution in [3.63, 3.8) is 0 Å². The van der Waals surface area contributed by atoms with Crippen LogP contribution in [0.4, 0.5) is 0 Å². The van der Waals surface area contributed by atoms with E-state index in [1.165, 1.54) is 14.2 Å². The monoisotopic (exact) mass is 345 g/mol. The van der Waals surface area contributed by atoms with Crippen LogP contribution >= 0.6 is 0 Å². The lowest BCUT2D eigenvalue weighted by atomic mass is 9.80. The third kappa shape index (κ3) is 3.24. The molecule has 1 heterocycles. The predicted octanol–water partition coefficient (Wildman–Crippen LogP) is 2.62. The van der Waals surface area contributed by atoms with Crippen molar-refractivity contribution in [1.82, 2.24) is 4.90 Å². The number of hydrogen-bond donors (Lipinski definition) is 0. The largest absolute Gasteiger partial charge is 0.497 e. The Morgan fingerprint density at radius 2 is 1.48 bits per heavy atom. The third-order valence-electron chi connectivity index (χ3n) is 4.60. The van der Waals surface area contributed by atoms with Gasteiger partial charge in [0.2, 0.25) is 0 Å². The minimum absolute atomic E-state index is 0.407. The van der Waals surface area contributed by atoms with Crippen LogP contribution in [0, 0.1) is 0 Å². The summed E-state index contributed by atoms with van der Waals surface area (Å²) >= 11 is 0. The molecule has 0 aromatic heterocycles. The number of rotatable bonds is 4. The second-order valence-corrected chi connectivity index (χ2v) is 5.75. The summed E-state index contributed by atoms with van der Waals surface area (Å²) in [6.07, 6.45) is 0. The highest BCUT2D eigenvalue weighted by Crippen LogP contribution is 2.42. The molecular formula is C19H23NO5. The normalized spacial score (nSPS) is 15.4. The molecule has 1 aliphatic heterocycles. The van der Waals surface area contributed by atoms with Crippen molar-refractivity contribution in [3.8, 4) is 5.75 Å². The van der Waals surface area contributed by atoms with Gasteiger partial charge in [-0.3, -0.25) is 0 Å². The van der Waals surface area contributed by atoms with Crippen LogP contribution in [-0.4, -0.2) is 45.2 Å². The van der Waals surface area contributed by atoms with Gasteiger partial charge in [-0.15, -0.1) is 0 Å². The average Bonchev–Trinajstić information content (AvgIpc) is 2.64. The van der Waals surface area contributed by atoms with Gasteiger partial charge in [0.15, 0.2) is 0 Å². The number of nitrogens with zero attached hydrogens (tertiary/aromatic N) is 1. The fourth-order valence-corrected chi connectivity index (χ4v) is 3.08. The Bertz CT molecular complexity index is 723. The molecule has 0 fully saturated rings. The molecule has 1 aromatic carbocycles. The maximum atomic E-state index is 12.5. The molecular weight excluding hydrogens is 322 g/mol. The maximum absolute atomic E-state index is 12.5. The van der Waals surface area contributed by atoms with Gasteiger partial charge in [0.25, 0.3) is 0 Å². The van der Waals surface area contributed by atoms with Crippen LogP contribution in [0.3, 0.4) is 0 Å². The van der Waals surface area contributed by atoms with E-state index in [2.05, 4.69) is 0 Å².